The van der Waals surface area contributed by atoms with Crippen LogP contribution in [-0.4, -0.2) is 0 Å². The van der Waals surface area contributed by atoms with Crippen LogP contribution in [0.4, 0.5) is 10.1 Å². The lowest BCUT2D eigenvalue weighted by Crippen LogP contribution is -1.94. The van der Waals surface area contributed by atoms with E-state index in [0.717, 1.165) is 21.3 Å². The number of fused-ring (bicyclic) bond motifs is 1. The zero-order valence-corrected chi connectivity index (χ0v) is 10.9. The Labute approximate surface area is 114 Å². The maximum atomic E-state index is 12.8. The molecular formula is C15H12FNOS. The highest BCUT2D eigenvalue weighted by molar-refractivity contribution is 7.18. The zero-order valence-electron chi connectivity index (χ0n) is 10.1. The Balaban J connectivity index is 1.82. The molecule has 0 fully saturated rings. The van der Waals surface area contributed by atoms with Gasteiger partial charge in [0.15, 0.2) is 0 Å². The number of thiophene rings is 1. The van der Waals surface area contributed by atoms with Crippen LogP contribution in [0.15, 0.2) is 47.8 Å². The molecule has 2 N–H and O–H groups in total. The van der Waals surface area contributed by atoms with Crippen molar-refractivity contribution in [2.24, 2.45) is 0 Å². The number of halogens is 1. The number of ether oxygens (including phenoxy) is 1. The standard InChI is InChI=1S/C15H12FNOS/c16-11-4-6-12(7-5-11)18-8-10-9-19-15-13(10)2-1-3-14(15)17/h1-7,9H,8,17H2. The molecule has 1 aromatic heterocycles. The van der Waals surface area contributed by atoms with Gasteiger partial charge in [0, 0.05) is 16.6 Å². The fourth-order valence-corrected chi connectivity index (χ4v) is 2.92. The van der Waals surface area contributed by atoms with Crippen molar-refractivity contribution < 1.29 is 9.13 Å². The third-order valence-corrected chi connectivity index (χ3v) is 4.01. The first-order valence-electron chi connectivity index (χ1n) is 5.87. The Bertz CT molecular complexity index is 706. The van der Waals surface area contributed by atoms with E-state index in [0.29, 0.717) is 12.4 Å². The predicted octanol–water partition coefficient (Wildman–Crippen LogP) is 4.20. The summed E-state index contributed by atoms with van der Waals surface area (Å²) in [7, 11) is 0. The van der Waals surface area contributed by atoms with Gasteiger partial charge in [0.2, 0.25) is 0 Å². The van der Waals surface area contributed by atoms with Crippen LogP contribution >= 0.6 is 11.3 Å². The number of rotatable bonds is 3. The lowest BCUT2D eigenvalue weighted by Gasteiger charge is -2.05. The van der Waals surface area contributed by atoms with Crippen molar-refractivity contribution in [2.45, 2.75) is 6.61 Å². The molecule has 0 aliphatic heterocycles. The highest BCUT2D eigenvalue weighted by Crippen LogP contribution is 2.31. The Morgan fingerprint density at radius 1 is 1.11 bits per heavy atom. The van der Waals surface area contributed by atoms with Crippen LogP contribution in [-0.2, 0) is 6.61 Å². The summed E-state index contributed by atoms with van der Waals surface area (Å²) in [6.45, 7) is 0.453. The van der Waals surface area contributed by atoms with E-state index >= 15 is 0 Å². The quantitative estimate of drug-likeness (QED) is 0.726. The summed E-state index contributed by atoms with van der Waals surface area (Å²) in [5.41, 5.74) is 7.80. The van der Waals surface area contributed by atoms with Gasteiger partial charge in [0.05, 0.1) is 4.70 Å². The molecule has 0 aliphatic carbocycles. The van der Waals surface area contributed by atoms with Crippen molar-refractivity contribution >= 4 is 27.1 Å². The minimum atomic E-state index is -0.263. The fraction of sp³-hybridized carbons (Fsp3) is 0.0667. The molecule has 0 saturated carbocycles. The Kier molecular flexibility index (Phi) is 3.09. The molecule has 0 spiro atoms. The third kappa shape index (κ3) is 2.39. The van der Waals surface area contributed by atoms with Crippen molar-refractivity contribution in [1.82, 2.24) is 0 Å². The van der Waals surface area contributed by atoms with E-state index in [9.17, 15) is 4.39 Å². The van der Waals surface area contributed by atoms with Crippen LogP contribution in [0.2, 0.25) is 0 Å². The summed E-state index contributed by atoms with van der Waals surface area (Å²) in [6, 6.07) is 11.9. The predicted molar refractivity (Wildman–Crippen MR) is 77.0 cm³/mol. The van der Waals surface area contributed by atoms with Gasteiger partial charge in [-0.15, -0.1) is 11.3 Å². The molecule has 0 saturated heterocycles. The summed E-state index contributed by atoms with van der Waals surface area (Å²) in [5, 5.41) is 3.16. The summed E-state index contributed by atoms with van der Waals surface area (Å²) in [4.78, 5) is 0. The molecule has 3 rings (SSSR count). The number of hydrogen-bond donors (Lipinski definition) is 1. The van der Waals surface area contributed by atoms with Gasteiger partial charge in [0.1, 0.15) is 18.2 Å². The molecular weight excluding hydrogens is 261 g/mol. The molecule has 0 atom stereocenters. The average Bonchev–Trinajstić information content (AvgIpc) is 2.83. The summed E-state index contributed by atoms with van der Waals surface area (Å²) < 4.78 is 19.5. The molecule has 0 bridgehead atoms. The highest BCUT2D eigenvalue weighted by Gasteiger charge is 2.06. The van der Waals surface area contributed by atoms with Gasteiger partial charge in [-0.05, 0) is 35.7 Å². The maximum Gasteiger partial charge on any atom is 0.123 e. The van der Waals surface area contributed by atoms with E-state index in [1.54, 1.807) is 23.5 Å². The highest BCUT2D eigenvalue weighted by atomic mass is 32.1. The summed E-state index contributed by atoms with van der Waals surface area (Å²) in [6.07, 6.45) is 0. The number of anilines is 1. The van der Waals surface area contributed by atoms with Gasteiger partial charge >= 0.3 is 0 Å². The van der Waals surface area contributed by atoms with Crippen LogP contribution in [0, 0.1) is 5.82 Å². The monoisotopic (exact) mass is 273 g/mol. The SMILES string of the molecule is Nc1cccc2c(COc3ccc(F)cc3)csc12. The molecule has 2 aromatic carbocycles. The topological polar surface area (TPSA) is 35.2 Å². The van der Waals surface area contributed by atoms with E-state index in [4.69, 9.17) is 10.5 Å². The smallest absolute Gasteiger partial charge is 0.123 e. The molecule has 0 radical (unpaired) electrons. The molecule has 0 unspecified atom stereocenters. The lowest BCUT2D eigenvalue weighted by molar-refractivity contribution is 0.307. The molecule has 19 heavy (non-hydrogen) atoms. The van der Waals surface area contributed by atoms with Gasteiger partial charge in [-0.1, -0.05) is 12.1 Å². The second kappa shape index (κ2) is 4.90. The zero-order chi connectivity index (χ0) is 13.2. The Hall–Kier alpha value is -2.07. The van der Waals surface area contributed by atoms with Crippen LogP contribution in [0.1, 0.15) is 5.56 Å². The van der Waals surface area contributed by atoms with Gasteiger partial charge in [-0.3, -0.25) is 0 Å². The van der Waals surface area contributed by atoms with Gasteiger partial charge < -0.3 is 10.5 Å². The molecule has 96 valence electrons. The lowest BCUT2D eigenvalue weighted by atomic mass is 10.2. The van der Waals surface area contributed by atoms with Gasteiger partial charge in [-0.25, -0.2) is 4.39 Å². The first-order valence-corrected chi connectivity index (χ1v) is 6.75. The number of hydrogen-bond acceptors (Lipinski definition) is 3. The first-order chi connectivity index (χ1) is 9.24. The van der Waals surface area contributed by atoms with E-state index in [1.807, 2.05) is 23.6 Å². The van der Waals surface area contributed by atoms with E-state index in [1.165, 1.54) is 12.1 Å². The molecule has 0 aliphatic rings. The van der Waals surface area contributed by atoms with Crippen LogP contribution < -0.4 is 10.5 Å². The van der Waals surface area contributed by atoms with Crippen molar-refractivity contribution in [3.8, 4) is 5.75 Å². The molecule has 4 heteroatoms. The number of nitrogen functional groups attached to an aromatic ring is 1. The molecule has 3 aromatic rings. The van der Waals surface area contributed by atoms with Crippen LogP contribution in [0.25, 0.3) is 10.1 Å². The average molecular weight is 273 g/mol. The molecule has 1 heterocycles. The van der Waals surface area contributed by atoms with E-state index in [2.05, 4.69) is 0 Å². The number of benzene rings is 2. The normalized spacial score (nSPS) is 10.8. The molecule has 2 nitrogen and oxygen atoms in total. The van der Waals surface area contributed by atoms with E-state index < -0.39 is 0 Å². The minimum absolute atomic E-state index is 0.263. The first kappa shape index (κ1) is 12.0. The van der Waals surface area contributed by atoms with Gasteiger partial charge in [0.25, 0.3) is 0 Å². The maximum absolute atomic E-state index is 12.8. The van der Waals surface area contributed by atoms with Crippen molar-refractivity contribution in [1.29, 1.82) is 0 Å². The van der Waals surface area contributed by atoms with E-state index in [-0.39, 0.29) is 5.82 Å². The van der Waals surface area contributed by atoms with Gasteiger partial charge in [-0.2, -0.15) is 0 Å². The second-order valence-corrected chi connectivity index (χ2v) is 5.11. The second-order valence-electron chi connectivity index (χ2n) is 4.23. The molecule has 0 amide bonds. The fourth-order valence-electron chi connectivity index (χ4n) is 1.94. The third-order valence-electron chi connectivity index (χ3n) is 2.92. The Morgan fingerprint density at radius 2 is 1.89 bits per heavy atom. The van der Waals surface area contributed by atoms with Crippen molar-refractivity contribution in [3.05, 3.63) is 59.2 Å². The van der Waals surface area contributed by atoms with Crippen LogP contribution in [0.5, 0.6) is 5.75 Å². The summed E-state index contributed by atoms with van der Waals surface area (Å²) >= 11 is 1.61. The minimum Gasteiger partial charge on any atom is -0.489 e. The van der Waals surface area contributed by atoms with Crippen LogP contribution in [0.3, 0.4) is 0 Å². The van der Waals surface area contributed by atoms with Crippen molar-refractivity contribution in [3.63, 3.8) is 0 Å². The number of nitrogens with two attached hydrogens (primary N) is 1. The summed E-state index contributed by atoms with van der Waals surface area (Å²) in [5.74, 6) is 0.394. The largest absolute Gasteiger partial charge is 0.489 e. The Morgan fingerprint density at radius 3 is 2.68 bits per heavy atom. The van der Waals surface area contributed by atoms with Crippen molar-refractivity contribution in [2.75, 3.05) is 5.73 Å².